The van der Waals surface area contributed by atoms with Crippen molar-refractivity contribution in [2.75, 3.05) is 13.3 Å². The summed E-state index contributed by atoms with van der Waals surface area (Å²) in [6.45, 7) is 1.41. The van der Waals surface area contributed by atoms with E-state index in [9.17, 15) is 17.6 Å². The molecule has 0 saturated carbocycles. The number of hydrogen-bond donors (Lipinski definition) is 1. The molecule has 0 bridgehead atoms. The average molecular weight is 342 g/mol. The van der Waals surface area contributed by atoms with Crippen molar-refractivity contribution in [1.82, 2.24) is 0 Å². The van der Waals surface area contributed by atoms with Crippen LogP contribution in [0.1, 0.15) is 64.7 Å². The quantitative estimate of drug-likeness (QED) is 0.296. The Morgan fingerprint density at radius 3 is 2.05 bits per heavy atom. The van der Waals surface area contributed by atoms with Crippen LogP contribution in [-0.4, -0.2) is 38.3 Å². The zero-order valence-electron chi connectivity index (χ0n) is 13.1. The SMILES string of the molecule is CC(CC(=O)OCCCCCCCCCCF)OS(=O)(=O)O. The van der Waals surface area contributed by atoms with Crippen LogP contribution in [0.5, 0.6) is 0 Å². The van der Waals surface area contributed by atoms with E-state index in [0.29, 0.717) is 13.0 Å². The first-order chi connectivity index (χ1) is 10.3. The van der Waals surface area contributed by atoms with Gasteiger partial charge >= 0.3 is 16.4 Å². The number of unbranched alkanes of at least 4 members (excludes halogenated alkanes) is 7. The zero-order valence-corrected chi connectivity index (χ0v) is 13.9. The number of ether oxygens (including phenoxy) is 1. The lowest BCUT2D eigenvalue weighted by Crippen LogP contribution is -2.20. The number of rotatable bonds is 14. The maximum atomic E-state index is 11.8. The van der Waals surface area contributed by atoms with Crippen LogP contribution in [-0.2, 0) is 24.1 Å². The normalized spacial score (nSPS) is 13.0. The van der Waals surface area contributed by atoms with E-state index in [-0.39, 0.29) is 13.1 Å². The molecule has 0 amide bonds. The van der Waals surface area contributed by atoms with E-state index in [0.717, 1.165) is 44.9 Å². The molecule has 6 nitrogen and oxygen atoms in total. The third-order valence-corrected chi connectivity index (χ3v) is 3.60. The smallest absolute Gasteiger partial charge is 0.397 e. The first-order valence-corrected chi connectivity index (χ1v) is 9.09. The monoisotopic (exact) mass is 342 g/mol. The van der Waals surface area contributed by atoms with Crippen LogP contribution >= 0.6 is 0 Å². The van der Waals surface area contributed by atoms with Gasteiger partial charge in [-0.2, -0.15) is 8.42 Å². The Bertz CT molecular complexity index is 385. The van der Waals surface area contributed by atoms with Crippen LogP contribution in [0.15, 0.2) is 0 Å². The number of hydrogen-bond acceptors (Lipinski definition) is 5. The van der Waals surface area contributed by atoms with E-state index in [1.165, 1.54) is 6.92 Å². The Labute approximate surface area is 132 Å². The maximum Gasteiger partial charge on any atom is 0.397 e. The van der Waals surface area contributed by atoms with Crippen LogP contribution in [0.4, 0.5) is 4.39 Å². The van der Waals surface area contributed by atoms with Crippen LogP contribution < -0.4 is 0 Å². The van der Waals surface area contributed by atoms with Gasteiger partial charge in [-0.25, -0.2) is 4.18 Å². The Hall–Kier alpha value is -0.730. The highest BCUT2D eigenvalue weighted by molar-refractivity contribution is 7.80. The van der Waals surface area contributed by atoms with Crippen LogP contribution in [0, 0.1) is 0 Å². The third kappa shape index (κ3) is 15.7. The van der Waals surface area contributed by atoms with Gasteiger partial charge in [0.15, 0.2) is 0 Å². The number of carbonyl (C=O) groups excluding carboxylic acids is 1. The molecule has 0 saturated heterocycles. The van der Waals surface area contributed by atoms with E-state index < -0.39 is 22.5 Å². The molecule has 0 spiro atoms. The molecule has 0 aromatic carbocycles. The predicted molar refractivity (Wildman–Crippen MR) is 80.6 cm³/mol. The summed E-state index contributed by atoms with van der Waals surface area (Å²) in [5, 5.41) is 0. The van der Waals surface area contributed by atoms with Gasteiger partial charge in [-0.15, -0.1) is 0 Å². The van der Waals surface area contributed by atoms with Gasteiger partial charge in [-0.05, 0) is 19.8 Å². The molecule has 132 valence electrons. The fourth-order valence-corrected chi connectivity index (χ4v) is 2.46. The molecule has 0 aliphatic heterocycles. The highest BCUT2D eigenvalue weighted by atomic mass is 32.3. The Morgan fingerprint density at radius 1 is 1.05 bits per heavy atom. The van der Waals surface area contributed by atoms with E-state index in [2.05, 4.69) is 4.18 Å². The second-order valence-corrected chi connectivity index (χ2v) is 6.32. The summed E-state index contributed by atoms with van der Waals surface area (Å²) in [5.41, 5.74) is 0. The number of halogens is 1. The van der Waals surface area contributed by atoms with Crippen LogP contribution in [0.2, 0.25) is 0 Å². The summed E-state index contributed by atoms with van der Waals surface area (Å²) in [5.74, 6) is -0.553. The summed E-state index contributed by atoms with van der Waals surface area (Å²) in [7, 11) is -4.54. The number of esters is 1. The van der Waals surface area contributed by atoms with Crippen molar-refractivity contribution in [2.24, 2.45) is 0 Å². The highest BCUT2D eigenvalue weighted by Gasteiger charge is 2.16. The van der Waals surface area contributed by atoms with Crippen LogP contribution in [0.3, 0.4) is 0 Å². The van der Waals surface area contributed by atoms with Crippen molar-refractivity contribution in [3.63, 3.8) is 0 Å². The molecular formula is C14H27FO6S. The van der Waals surface area contributed by atoms with Gasteiger partial charge in [0, 0.05) is 0 Å². The minimum Gasteiger partial charge on any atom is -0.466 e. The van der Waals surface area contributed by atoms with Crippen LogP contribution in [0.25, 0.3) is 0 Å². The molecule has 1 atom stereocenters. The second-order valence-electron chi connectivity index (χ2n) is 5.28. The van der Waals surface area contributed by atoms with Gasteiger partial charge in [0.05, 0.1) is 25.8 Å². The van der Waals surface area contributed by atoms with Crippen molar-refractivity contribution in [2.45, 2.75) is 70.8 Å². The Balaban J connectivity index is 3.42. The van der Waals surface area contributed by atoms with Gasteiger partial charge in [-0.1, -0.05) is 38.5 Å². The summed E-state index contributed by atoms with van der Waals surface area (Å²) in [6, 6.07) is 0. The lowest BCUT2D eigenvalue weighted by atomic mass is 10.1. The molecule has 0 aromatic rings. The number of carbonyl (C=O) groups is 1. The van der Waals surface area contributed by atoms with Gasteiger partial charge in [0.1, 0.15) is 0 Å². The Morgan fingerprint density at radius 2 is 1.55 bits per heavy atom. The van der Waals surface area contributed by atoms with Crippen molar-refractivity contribution in [3.05, 3.63) is 0 Å². The summed E-state index contributed by atoms with van der Waals surface area (Å²) < 4.78 is 50.3. The molecule has 1 N–H and O–H groups in total. The molecule has 8 heteroatoms. The molecule has 0 fully saturated rings. The standard InChI is InChI=1S/C14H27FO6S/c1-13(21-22(17,18)19)12-14(16)20-11-9-7-5-3-2-4-6-8-10-15/h13H,2-12H2,1H3,(H,17,18,19). The first-order valence-electron chi connectivity index (χ1n) is 7.72. The van der Waals surface area contributed by atoms with E-state index in [1.54, 1.807) is 0 Å². The van der Waals surface area contributed by atoms with Gasteiger partial charge in [-0.3, -0.25) is 13.7 Å². The molecular weight excluding hydrogens is 315 g/mol. The predicted octanol–water partition coefficient (Wildman–Crippen LogP) is 3.22. The zero-order chi connectivity index (χ0) is 16.8. The lowest BCUT2D eigenvalue weighted by molar-refractivity contribution is -0.145. The molecule has 0 rings (SSSR count). The third-order valence-electron chi connectivity index (χ3n) is 3.03. The van der Waals surface area contributed by atoms with E-state index in [4.69, 9.17) is 9.29 Å². The number of alkyl halides is 1. The fourth-order valence-electron chi connectivity index (χ4n) is 1.98. The summed E-state index contributed by atoms with van der Waals surface area (Å²) >= 11 is 0. The molecule has 0 heterocycles. The molecule has 1 unspecified atom stereocenters. The van der Waals surface area contributed by atoms with E-state index >= 15 is 0 Å². The van der Waals surface area contributed by atoms with Crippen molar-refractivity contribution >= 4 is 16.4 Å². The van der Waals surface area contributed by atoms with Crippen molar-refractivity contribution in [3.8, 4) is 0 Å². The summed E-state index contributed by atoms with van der Waals surface area (Å²) in [4.78, 5) is 11.4. The van der Waals surface area contributed by atoms with Gasteiger partial charge in [0.2, 0.25) is 0 Å². The van der Waals surface area contributed by atoms with Crippen molar-refractivity contribution in [1.29, 1.82) is 0 Å². The van der Waals surface area contributed by atoms with Crippen molar-refractivity contribution < 1.29 is 31.1 Å². The van der Waals surface area contributed by atoms with Gasteiger partial charge < -0.3 is 4.74 Å². The minimum atomic E-state index is -4.54. The topological polar surface area (TPSA) is 89.9 Å². The largest absolute Gasteiger partial charge is 0.466 e. The molecule has 22 heavy (non-hydrogen) atoms. The average Bonchev–Trinajstić information content (AvgIpc) is 2.38. The summed E-state index contributed by atoms with van der Waals surface area (Å²) in [6.07, 6.45) is 6.43. The first kappa shape index (κ1) is 21.3. The molecule has 0 aromatic heterocycles. The maximum absolute atomic E-state index is 11.8. The highest BCUT2D eigenvalue weighted by Crippen LogP contribution is 2.09. The lowest BCUT2D eigenvalue weighted by Gasteiger charge is -2.09. The van der Waals surface area contributed by atoms with E-state index in [1.807, 2.05) is 0 Å². The molecule has 0 aliphatic carbocycles. The van der Waals surface area contributed by atoms with Gasteiger partial charge in [0.25, 0.3) is 0 Å². The molecule has 0 aliphatic rings. The second kappa shape index (κ2) is 12.8. The minimum absolute atomic E-state index is 0.228. The molecule has 0 radical (unpaired) electrons. The Kier molecular flexibility index (Phi) is 12.4. The fraction of sp³-hybridized carbons (Fsp3) is 0.929.